The summed E-state index contributed by atoms with van der Waals surface area (Å²) >= 11 is 0. The van der Waals surface area contributed by atoms with Crippen molar-refractivity contribution in [2.45, 2.75) is 0 Å². The van der Waals surface area contributed by atoms with Crippen LogP contribution in [0.25, 0.3) is 93.5 Å². The third-order valence-corrected chi connectivity index (χ3v) is 12.8. The van der Waals surface area contributed by atoms with E-state index in [0.717, 1.165) is 28.2 Å². The Bertz CT molecular complexity index is 3560. The molecular formula is C62H42N2. The Morgan fingerprint density at radius 2 is 0.750 bits per heavy atom. The van der Waals surface area contributed by atoms with E-state index in [9.17, 15) is 0 Å². The van der Waals surface area contributed by atoms with Gasteiger partial charge in [0.15, 0.2) is 0 Å². The first-order valence-corrected chi connectivity index (χ1v) is 22.0. The molecule has 0 amide bonds. The van der Waals surface area contributed by atoms with Crippen LogP contribution < -0.4 is 4.90 Å². The van der Waals surface area contributed by atoms with E-state index in [-0.39, 0.29) is 0 Å². The summed E-state index contributed by atoms with van der Waals surface area (Å²) in [6.07, 6.45) is 0. The highest BCUT2D eigenvalue weighted by Crippen LogP contribution is 2.45. The molecule has 0 saturated heterocycles. The quantitative estimate of drug-likeness (QED) is 0.139. The summed E-state index contributed by atoms with van der Waals surface area (Å²) in [7, 11) is 0. The second-order valence-corrected chi connectivity index (χ2v) is 16.5. The molecule has 0 spiro atoms. The molecule has 0 radical (unpaired) electrons. The van der Waals surface area contributed by atoms with E-state index in [4.69, 9.17) is 0 Å². The Labute approximate surface area is 373 Å². The predicted molar refractivity (Wildman–Crippen MR) is 272 cm³/mol. The number of benzene rings is 11. The molecule has 2 heteroatoms. The summed E-state index contributed by atoms with van der Waals surface area (Å²) in [5.74, 6) is 0. The summed E-state index contributed by atoms with van der Waals surface area (Å²) in [4.78, 5) is 2.40. The lowest BCUT2D eigenvalue weighted by atomic mass is 9.94. The van der Waals surface area contributed by atoms with Crippen molar-refractivity contribution in [3.63, 3.8) is 0 Å². The molecule has 0 fully saturated rings. The normalized spacial score (nSPS) is 11.4. The molecule has 64 heavy (non-hydrogen) atoms. The van der Waals surface area contributed by atoms with Crippen LogP contribution in [-0.2, 0) is 0 Å². The molecule has 0 saturated carbocycles. The fraction of sp³-hybridized carbons (Fsp3) is 0. The summed E-state index contributed by atoms with van der Waals surface area (Å²) in [6.45, 7) is 0. The molecule has 0 atom stereocenters. The number of nitrogens with zero attached hydrogens (tertiary/aromatic N) is 2. The van der Waals surface area contributed by atoms with E-state index in [1.807, 2.05) is 0 Å². The van der Waals surface area contributed by atoms with Crippen LogP contribution in [0.15, 0.2) is 255 Å². The largest absolute Gasteiger partial charge is 0.310 e. The maximum atomic E-state index is 2.48. The molecule has 0 aliphatic heterocycles. The van der Waals surface area contributed by atoms with Gasteiger partial charge < -0.3 is 9.47 Å². The van der Waals surface area contributed by atoms with Crippen molar-refractivity contribution >= 4 is 60.4 Å². The second-order valence-electron chi connectivity index (χ2n) is 16.5. The van der Waals surface area contributed by atoms with Gasteiger partial charge in [-0.15, -0.1) is 0 Å². The number of rotatable bonds is 8. The van der Waals surface area contributed by atoms with Gasteiger partial charge in [0.05, 0.1) is 22.4 Å². The van der Waals surface area contributed by atoms with E-state index in [1.165, 1.54) is 82.4 Å². The fourth-order valence-corrected chi connectivity index (χ4v) is 9.80. The molecule has 0 unspecified atom stereocenters. The van der Waals surface area contributed by atoms with E-state index in [2.05, 4.69) is 264 Å². The Kier molecular flexibility index (Phi) is 9.20. The smallest absolute Gasteiger partial charge is 0.0547 e. The van der Waals surface area contributed by atoms with Crippen LogP contribution >= 0.6 is 0 Å². The highest BCUT2D eigenvalue weighted by Gasteiger charge is 2.21. The molecule has 11 aromatic carbocycles. The van der Waals surface area contributed by atoms with Gasteiger partial charge in [0.2, 0.25) is 0 Å². The van der Waals surface area contributed by atoms with Crippen molar-refractivity contribution in [2.24, 2.45) is 0 Å². The molecule has 1 heterocycles. The lowest BCUT2D eigenvalue weighted by Crippen LogP contribution is -2.11. The number of hydrogen-bond donors (Lipinski definition) is 0. The van der Waals surface area contributed by atoms with Crippen LogP contribution in [-0.4, -0.2) is 4.57 Å². The molecule has 12 rings (SSSR count). The van der Waals surface area contributed by atoms with Crippen molar-refractivity contribution in [1.29, 1.82) is 0 Å². The van der Waals surface area contributed by atoms with Crippen molar-refractivity contribution in [3.8, 4) is 50.2 Å². The van der Waals surface area contributed by atoms with Crippen molar-refractivity contribution in [1.82, 2.24) is 4.57 Å². The molecule has 0 aliphatic carbocycles. The zero-order chi connectivity index (χ0) is 42.4. The maximum Gasteiger partial charge on any atom is 0.0547 e. The summed E-state index contributed by atoms with van der Waals surface area (Å²) in [6, 6.07) is 92.6. The maximum absolute atomic E-state index is 2.48. The Morgan fingerprint density at radius 1 is 0.281 bits per heavy atom. The minimum absolute atomic E-state index is 1.09. The zero-order valence-corrected chi connectivity index (χ0v) is 35.1. The number of anilines is 3. The molecule has 0 bridgehead atoms. The lowest BCUT2D eigenvalue weighted by Gasteiger charge is -2.28. The second kappa shape index (κ2) is 15.8. The van der Waals surface area contributed by atoms with Gasteiger partial charge in [0.1, 0.15) is 0 Å². The van der Waals surface area contributed by atoms with Gasteiger partial charge in [-0.05, 0) is 110 Å². The van der Waals surface area contributed by atoms with Gasteiger partial charge >= 0.3 is 0 Å². The summed E-state index contributed by atoms with van der Waals surface area (Å²) in [5, 5.41) is 7.49. The highest BCUT2D eigenvalue weighted by atomic mass is 15.1. The zero-order valence-electron chi connectivity index (χ0n) is 35.1. The summed E-state index contributed by atoms with van der Waals surface area (Å²) < 4.78 is 2.48. The predicted octanol–water partition coefficient (Wildman–Crippen LogP) is 17.2. The number of para-hydroxylation sites is 2. The SMILES string of the molecule is c1ccc(-c2ccc(N(c3ccc(-c4ccccc4)cc3)c3ccccc3-c3cccc(-c4cccc5c4c4ccccc4n5-c4cc5ccccc5c5ccccc45)c3)cc2)cc1. The third kappa shape index (κ3) is 6.44. The molecule has 300 valence electrons. The standard InChI is InChI=1S/C62H42N2/c1-3-17-43(18-4-1)45-33-37-50(38-34-45)63(51-39-35-46(36-40-51)44-19-5-2-6-20-44)58-30-13-11-25-53(58)47-22-15-23-48(41-47)54-29-16-32-60-62(54)57-28-12-14-31-59(57)64(60)61-42-49-21-7-8-24-52(49)55-26-9-10-27-56(55)61/h1-42H. The van der Waals surface area contributed by atoms with E-state index < -0.39 is 0 Å². The van der Waals surface area contributed by atoms with Gasteiger partial charge in [0.25, 0.3) is 0 Å². The van der Waals surface area contributed by atoms with Crippen LogP contribution in [0.2, 0.25) is 0 Å². The Morgan fingerprint density at radius 3 is 1.44 bits per heavy atom. The number of hydrogen-bond acceptors (Lipinski definition) is 1. The van der Waals surface area contributed by atoms with Gasteiger partial charge in [-0.1, -0.05) is 200 Å². The average molecular weight is 815 g/mol. The van der Waals surface area contributed by atoms with Crippen LogP contribution in [0.5, 0.6) is 0 Å². The molecule has 1 aromatic heterocycles. The Hall–Kier alpha value is -8.46. The first kappa shape index (κ1) is 37.3. The van der Waals surface area contributed by atoms with Gasteiger partial charge in [0, 0.05) is 33.1 Å². The minimum Gasteiger partial charge on any atom is -0.310 e. The van der Waals surface area contributed by atoms with Crippen LogP contribution in [0.4, 0.5) is 17.1 Å². The van der Waals surface area contributed by atoms with Crippen LogP contribution in [0.3, 0.4) is 0 Å². The van der Waals surface area contributed by atoms with Crippen molar-refractivity contribution in [2.75, 3.05) is 4.90 Å². The van der Waals surface area contributed by atoms with Crippen LogP contribution in [0.1, 0.15) is 0 Å². The van der Waals surface area contributed by atoms with Crippen LogP contribution in [0, 0.1) is 0 Å². The van der Waals surface area contributed by atoms with E-state index >= 15 is 0 Å². The Balaban J connectivity index is 1.01. The number of fused-ring (bicyclic) bond motifs is 6. The summed E-state index contributed by atoms with van der Waals surface area (Å²) in [5.41, 5.74) is 16.3. The third-order valence-electron chi connectivity index (χ3n) is 12.8. The number of aromatic nitrogens is 1. The van der Waals surface area contributed by atoms with E-state index in [1.54, 1.807) is 0 Å². The van der Waals surface area contributed by atoms with Gasteiger partial charge in [-0.3, -0.25) is 0 Å². The van der Waals surface area contributed by atoms with Crippen molar-refractivity contribution < 1.29 is 0 Å². The van der Waals surface area contributed by atoms with Gasteiger partial charge in [-0.25, -0.2) is 0 Å². The lowest BCUT2D eigenvalue weighted by molar-refractivity contribution is 1.20. The average Bonchev–Trinajstić information content (AvgIpc) is 3.72. The molecule has 2 nitrogen and oxygen atoms in total. The first-order chi connectivity index (χ1) is 31.8. The monoisotopic (exact) mass is 814 g/mol. The van der Waals surface area contributed by atoms with Gasteiger partial charge in [-0.2, -0.15) is 0 Å². The molecule has 12 aromatic rings. The fourth-order valence-electron chi connectivity index (χ4n) is 9.80. The molecular weight excluding hydrogens is 773 g/mol. The van der Waals surface area contributed by atoms with E-state index in [0.29, 0.717) is 0 Å². The van der Waals surface area contributed by atoms with Crippen molar-refractivity contribution in [3.05, 3.63) is 255 Å². The molecule has 0 N–H and O–H groups in total. The molecule has 0 aliphatic rings. The first-order valence-electron chi connectivity index (χ1n) is 22.0. The minimum atomic E-state index is 1.09. The highest BCUT2D eigenvalue weighted by molar-refractivity contribution is 6.18. The topological polar surface area (TPSA) is 8.17 Å².